The minimum absolute atomic E-state index is 0.836. The smallest absolute Gasteiger partial charge is 0.0346 e. The van der Waals surface area contributed by atoms with Crippen LogP contribution in [-0.4, -0.2) is 4.98 Å². The lowest BCUT2D eigenvalue weighted by molar-refractivity contribution is 0.695. The van der Waals surface area contributed by atoms with E-state index in [1.54, 1.807) is 0 Å². The second-order valence-electron chi connectivity index (χ2n) is 5.11. The van der Waals surface area contributed by atoms with Gasteiger partial charge in [0.1, 0.15) is 0 Å². The molecule has 2 nitrogen and oxygen atoms in total. The van der Waals surface area contributed by atoms with E-state index in [0.29, 0.717) is 0 Å². The molecule has 1 N–H and O–H groups in total. The van der Waals surface area contributed by atoms with Gasteiger partial charge in [-0.1, -0.05) is 54.1 Å². The molecular formula is C18H18N2. The van der Waals surface area contributed by atoms with E-state index >= 15 is 0 Å². The molecule has 0 bridgehead atoms. The number of hydrogen-bond donors (Lipinski definition) is 1. The second kappa shape index (κ2) is 5.85. The summed E-state index contributed by atoms with van der Waals surface area (Å²) in [5, 5.41) is 5.96. The summed E-state index contributed by atoms with van der Waals surface area (Å²) in [5.74, 6) is 0. The highest BCUT2D eigenvalue weighted by Crippen LogP contribution is 2.16. The third-order valence-electron chi connectivity index (χ3n) is 3.52. The van der Waals surface area contributed by atoms with E-state index in [9.17, 15) is 0 Å². The molecule has 1 heterocycles. The zero-order valence-electron chi connectivity index (χ0n) is 11.6. The third-order valence-corrected chi connectivity index (χ3v) is 3.52. The zero-order chi connectivity index (χ0) is 13.8. The fourth-order valence-corrected chi connectivity index (χ4v) is 2.37. The number of benzene rings is 2. The summed E-state index contributed by atoms with van der Waals surface area (Å²) in [5.41, 5.74) is 3.85. The monoisotopic (exact) mass is 262 g/mol. The predicted molar refractivity (Wildman–Crippen MR) is 83.5 cm³/mol. The summed E-state index contributed by atoms with van der Waals surface area (Å²) < 4.78 is 0. The van der Waals surface area contributed by atoms with E-state index in [2.05, 4.69) is 59.7 Å². The Balaban J connectivity index is 1.69. The van der Waals surface area contributed by atoms with Gasteiger partial charge in [-0.25, -0.2) is 0 Å². The molecule has 0 aliphatic rings. The Bertz CT molecular complexity index is 697. The van der Waals surface area contributed by atoms with E-state index < -0.39 is 0 Å². The first-order chi connectivity index (χ1) is 9.83. The number of aryl methyl sites for hydroxylation is 1. The molecule has 0 aliphatic heterocycles. The molecule has 0 saturated heterocycles. The van der Waals surface area contributed by atoms with Crippen LogP contribution in [0.25, 0.3) is 10.8 Å². The van der Waals surface area contributed by atoms with Crippen molar-refractivity contribution in [2.24, 2.45) is 0 Å². The quantitative estimate of drug-likeness (QED) is 0.773. The van der Waals surface area contributed by atoms with E-state index in [4.69, 9.17) is 0 Å². The molecule has 0 spiro atoms. The lowest BCUT2D eigenvalue weighted by Gasteiger charge is -2.08. The van der Waals surface area contributed by atoms with Crippen molar-refractivity contribution < 1.29 is 0 Å². The van der Waals surface area contributed by atoms with Crippen LogP contribution in [0.5, 0.6) is 0 Å². The highest BCUT2D eigenvalue weighted by molar-refractivity contribution is 5.84. The Hall–Kier alpha value is -2.19. The molecule has 2 heteroatoms. The second-order valence-corrected chi connectivity index (χ2v) is 5.11. The van der Waals surface area contributed by atoms with Gasteiger partial charge in [-0.2, -0.15) is 0 Å². The van der Waals surface area contributed by atoms with Crippen LogP contribution in [0.15, 0.2) is 60.9 Å². The molecule has 2 aromatic carbocycles. The summed E-state index contributed by atoms with van der Waals surface area (Å²) >= 11 is 0. The van der Waals surface area contributed by atoms with Gasteiger partial charge in [0.05, 0.1) is 0 Å². The normalized spacial score (nSPS) is 10.8. The molecule has 0 saturated carbocycles. The number of rotatable bonds is 4. The van der Waals surface area contributed by atoms with Crippen molar-refractivity contribution in [3.63, 3.8) is 0 Å². The van der Waals surface area contributed by atoms with Crippen molar-refractivity contribution in [2.75, 3.05) is 0 Å². The molecule has 3 aromatic rings. The number of nitrogens with one attached hydrogen (secondary N) is 1. The number of fused-ring (bicyclic) bond motifs is 1. The first kappa shape index (κ1) is 12.8. The average molecular weight is 262 g/mol. The number of nitrogens with zero attached hydrogens (tertiary/aromatic N) is 1. The SMILES string of the molecule is Cc1ccc(CNCc2cncc3ccccc23)cc1. The zero-order valence-corrected chi connectivity index (χ0v) is 11.6. The van der Waals surface area contributed by atoms with Gasteiger partial charge < -0.3 is 5.32 Å². The summed E-state index contributed by atoms with van der Waals surface area (Å²) in [4.78, 5) is 4.31. The minimum Gasteiger partial charge on any atom is -0.309 e. The first-order valence-corrected chi connectivity index (χ1v) is 6.91. The van der Waals surface area contributed by atoms with Gasteiger partial charge in [-0.05, 0) is 23.4 Å². The van der Waals surface area contributed by atoms with Crippen LogP contribution in [0.1, 0.15) is 16.7 Å². The van der Waals surface area contributed by atoms with Crippen molar-refractivity contribution in [3.05, 3.63) is 77.6 Å². The van der Waals surface area contributed by atoms with E-state index in [1.807, 2.05) is 18.5 Å². The van der Waals surface area contributed by atoms with Gasteiger partial charge in [-0.3, -0.25) is 4.98 Å². The Morgan fingerprint density at radius 1 is 0.900 bits per heavy atom. The van der Waals surface area contributed by atoms with E-state index in [1.165, 1.54) is 27.5 Å². The van der Waals surface area contributed by atoms with Gasteiger partial charge in [0.15, 0.2) is 0 Å². The number of hydrogen-bond acceptors (Lipinski definition) is 2. The average Bonchev–Trinajstić information content (AvgIpc) is 2.49. The fourth-order valence-electron chi connectivity index (χ4n) is 2.37. The van der Waals surface area contributed by atoms with Gasteiger partial charge in [0, 0.05) is 30.9 Å². The predicted octanol–water partition coefficient (Wildman–Crippen LogP) is 3.83. The maximum absolute atomic E-state index is 4.31. The molecular weight excluding hydrogens is 244 g/mol. The summed E-state index contributed by atoms with van der Waals surface area (Å²) in [6.07, 6.45) is 3.86. The van der Waals surface area contributed by atoms with Gasteiger partial charge >= 0.3 is 0 Å². The van der Waals surface area contributed by atoms with Crippen LogP contribution in [0.4, 0.5) is 0 Å². The largest absolute Gasteiger partial charge is 0.309 e. The molecule has 0 aliphatic carbocycles. The molecule has 20 heavy (non-hydrogen) atoms. The lowest BCUT2D eigenvalue weighted by Crippen LogP contribution is -2.13. The topological polar surface area (TPSA) is 24.9 Å². The fraction of sp³-hybridized carbons (Fsp3) is 0.167. The lowest BCUT2D eigenvalue weighted by atomic mass is 10.1. The first-order valence-electron chi connectivity index (χ1n) is 6.91. The number of aromatic nitrogens is 1. The molecule has 1 aromatic heterocycles. The van der Waals surface area contributed by atoms with Crippen LogP contribution in [0.2, 0.25) is 0 Å². The molecule has 0 atom stereocenters. The van der Waals surface area contributed by atoms with E-state index in [0.717, 1.165) is 13.1 Å². The van der Waals surface area contributed by atoms with Crippen LogP contribution in [0.3, 0.4) is 0 Å². The van der Waals surface area contributed by atoms with E-state index in [-0.39, 0.29) is 0 Å². The highest BCUT2D eigenvalue weighted by atomic mass is 14.8. The Kier molecular flexibility index (Phi) is 3.75. The Morgan fingerprint density at radius 2 is 1.70 bits per heavy atom. The molecule has 3 rings (SSSR count). The van der Waals surface area contributed by atoms with Crippen molar-refractivity contribution >= 4 is 10.8 Å². The minimum atomic E-state index is 0.836. The van der Waals surface area contributed by atoms with Crippen LogP contribution >= 0.6 is 0 Å². The summed E-state index contributed by atoms with van der Waals surface area (Å²) in [6, 6.07) is 17.0. The standard InChI is InChI=1S/C18H18N2/c1-14-6-8-15(9-7-14)10-19-12-17-13-20-11-16-4-2-3-5-18(16)17/h2-9,11,13,19H,10,12H2,1H3. The van der Waals surface area contributed by atoms with Crippen LogP contribution in [0, 0.1) is 6.92 Å². The van der Waals surface area contributed by atoms with Crippen LogP contribution < -0.4 is 5.32 Å². The highest BCUT2D eigenvalue weighted by Gasteiger charge is 2.00. The van der Waals surface area contributed by atoms with Crippen molar-refractivity contribution in [3.8, 4) is 0 Å². The Morgan fingerprint density at radius 3 is 2.55 bits per heavy atom. The Labute approximate surface area is 119 Å². The maximum Gasteiger partial charge on any atom is 0.0346 e. The van der Waals surface area contributed by atoms with Crippen LogP contribution in [-0.2, 0) is 13.1 Å². The molecule has 100 valence electrons. The molecule has 0 fully saturated rings. The summed E-state index contributed by atoms with van der Waals surface area (Å²) in [7, 11) is 0. The number of pyridine rings is 1. The maximum atomic E-state index is 4.31. The molecule has 0 amide bonds. The summed E-state index contributed by atoms with van der Waals surface area (Å²) in [6.45, 7) is 3.82. The molecule has 0 radical (unpaired) electrons. The van der Waals surface area contributed by atoms with Gasteiger partial charge in [0.2, 0.25) is 0 Å². The van der Waals surface area contributed by atoms with Crippen molar-refractivity contribution in [1.82, 2.24) is 10.3 Å². The van der Waals surface area contributed by atoms with Crippen molar-refractivity contribution in [1.29, 1.82) is 0 Å². The molecule has 0 unspecified atom stereocenters. The van der Waals surface area contributed by atoms with Gasteiger partial charge in [-0.15, -0.1) is 0 Å². The van der Waals surface area contributed by atoms with Crippen molar-refractivity contribution in [2.45, 2.75) is 20.0 Å². The van der Waals surface area contributed by atoms with Gasteiger partial charge in [0.25, 0.3) is 0 Å². The third kappa shape index (κ3) is 2.86.